The van der Waals surface area contributed by atoms with Crippen molar-refractivity contribution in [2.45, 2.75) is 18.9 Å². The maximum atomic E-state index is 6.01. The van der Waals surface area contributed by atoms with E-state index in [0.717, 1.165) is 6.54 Å². The van der Waals surface area contributed by atoms with Gasteiger partial charge in [0.25, 0.3) is 0 Å². The number of benzene rings is 1. The Balaban J connectivity index is 1.97. The number of nitrogens with zero attached hydrogens (tertiary/aromatic N) is 1. The van der Waals surface area contributed by atoms with E-state index in [2.05, 4.69) is 46.0 Å². The molecule has 2 N–H and O–H groups in total. The van der Waals surface area contributed by atoms with Crippen molar-refractivity contribution in [1.29, 1.82) is 0 Å². The van der Waals surface area contributed by atoms with Crippen molar-refractivity contribution in [3.63, 3.8) is 0 Å². The summed E-state index contributed by atoms with van der Waals surface area (Å²) in [7, 11) is 0. The molecular formula is C15H18N2S. The third-order valence-electron chi connectivity index (χ3n) is 3.67. The Hall–Kier alpha value is -1.32. The number of anilines is 1. The molecule has 1 aromatic carbocycles. The van der Waals surface area contributed by atoms with Crippen molar-refractivity contribution in [3.05, 3.63) is 52.2 Å². The van der Waals surface area contributed by atoms with Crippen molar-refractivity contribution < 1.29 is 0 Å². The van der Waals surface area contributed by atoms with Gasteiger partial charge in [0.15, 0.2) is 0 Å². The van der Waals surface area contributed by atoms with Crippen molar-refractivity contribution in [2.24, 2.45) is 5.73 Å². The van der Waals surface area contributed by atoms with Crippen LogP contribution in [0.2, 0.25) is 0 Å². The first-order chi connectivity index (χ1) is 8.90. The van der Waals surface area contributed by atoms with E-state index in [0.29, 0.717) is 12.6 Å². The summed E-state index contributed by atoms with van der Waals surface area (Å²) in [5.41, 5.74) is 10.2. The predicted octanol–water partition coefficient (Wildman–Crippen LogP) is 3.20. The van der Waals surface area contributed by atoms with Gasteiger partial charge in [0.1, 0.15) is 0 Å². The van der Waals surface area contributed by atoms with Crippen molar-refractivity contribution >= 4 is 17.0 Å². The van der Waals surface area contributed by atoms with Crippen LogP contribution in [-0.4, -0.2) is 13.1 Å². The fourth-order valence-corrected chi connectivity index (χ4v) is 3.50. The molecule has 1 aliphatic rings. The van der Waals surface area contributed by atoms with Crippen LogP contribution in [0.15, 0.2) is 41.1 Å². The van der Waals surface area contributed by atoms with Gasteiger partial charge in [-0.2, -0.15) is 11.3 Å². The van der Waals surface area contributed by atoms with E-state index in [4.69, 9.17) is 5.73 Å². The van der Waals surface area contributed by atoms with Gasteiger partial charge in [-0.3, -0.25) is 0 Å². The largest absolute Gasteiger partial charge is 0.363 e. The molecule has 1 atom stereocenters. The molecule has 18 heavy (non-hydrogen) atoms. The summed E-state index contributed by atoms with van der Waals surface area (Å²) >= 11 is 1.75. The maximum absolute atomic E-state index is 6.01. The monoisotopic (exact) mass is 258 g/mol. The molecule has 0 saturated heterocycles. The minimum Gasteiger partial charge on any atom is -0.363 e. The molecule has 1 unspecified atom stereocenters. The zero-order valence-electron chi connectivity index (χ0n) is 10.4. The van der Waals surface area contributed by atoms with E-state index in [-0.39, 0.29) is 0 Å². The summed E-state index contributed by atoms with van der Waals surface area (Å²) in [5.74, 6) is 0. The molecule has 0 spiro atoms. The van der Waals surface area contributed by atoms with E-state index >= 15 is 0 Å². The second kappa shape index (κ2) is 5.12. The standard InChI is InChI=1S/C15H18N2S/c16-10-15(13-7-9-18-11-13)17-8-3-5-12-4-1-2-6-14(12)17/h1-2,4,6-7,9,11,15H,3,5,8,10,16H2. The second-order valence-corrected chi connectivity index (χ2v) is 5.51. The van der Waals surface area contributed by atoms with Gasteiger partial charge in [-0.25, -0.2) is 0 Å². The molecule has 3 rings (SSSR count). The van der Waals surface area contributed by atoms with Gasteiger partial charge in [-0.15, -0.1) is 0 Å². The third-order valence-corrected chi connectivity index (χ3v) is 4.38. The lowest BCUT2D eigenvalue weighted by Crippen LogP contribution is -2.37. The van der Waals surface area contributed by atoms with Gasteiger partial charge in [0, 0.05) is 18.8 Å². The molecule has 2 nitrogen and oxygen atoms in total. The van der Waals surface area contributed by atoms with Crippen LogP contribution in [0.4, 0.5) is 5.69 Å². The zero-order chi connectivity index (χ0) is 12.4. The Morgan fingerprint density at radius 3 is 2.94 bits per heavy atom. The molecule has 3 heteroatoms. The zero-order valence-corrected chi connectivity index (χ0v) is 11.2. The minimum atomic E-state index is 0.317. The number of rotatable bonds is 3. The van der Waals surface area contributed by atoms with Crippen LogP contribution >= 0.6 is 11.3 Å². The summed E-state index contributed by atoms with van der Waals surface area (Å²) < 4.78 is 0. The molecule has 1 aliphatic heterocycles. The first-order valence-electron chi connectivity index (χ1n) is 6.47. The molecule has 0 radical (unpaired) electrons. The number of para-hydroxylation sites is 1. The Labute approximate surface area is 112 Å². The Bertz CT molecular complexity index is 507. The molecule has 0 fully saturated rings. The van der Waals surface area contributed by atoms with Gasteiger partial charge in [-0.1, -0.05) is 18.2 Å². The van der Waals surface area contributed by atoms with Gasteiger partial charge >= 0.3 is 0 Å². The van der Waals surface area contributed by atoms with Crippen molar-refractivity contribution in [2.75, 3.05) is 18.0 Å². The summed E-state index contributed by atoms with van der Waals surface area (Å²) in [5, 5.41) is 4.35. The molecule has 94 valence electrons. The fraction of sp³-hybridized carbons (Fsp3) is 0.333. The lowest BCUT2D eigenvalue weighted by Gasteiger charge is -2.37. The maximum Gasteiger partial charge on any atom is 0.0672 e. The van der Waals surface area contributed by atoms with E-state index < -0.39 is 0 Å². The quantitative estimate of drug-likeness (QED) is 0.916. The first kappa shape index (κ1) is 11.8. The first-order valence-corrected chi connectivity index (χ1v) is 7.41. The Kier molecular flexibility index (Phi) is 3.35. The van der Waals surface area contributed by atoms with E-state index in [9.17, 15) is 0 Å². The minimum absolute atomic E-state index is 0.317. The molecule has 2 heterocycles. The molecular weight excluding hydrogens is 240 g/mol. The van der Waals surface area contributed by atoms with E-state index in [1.807, 2.05) is 0 Å². The number of hydrogen-bond donors (Lipinski definition) is 1. The number of fused-ring (bicyclic) bond motifs is 1. The summed E-state index contributed by atoms with van der Waals surface area (Å²) in [6, 6.07) is 11.2. The summed E-state index contributed by atoms with van der Waals surface area (Å²) in [4.78, 5) is 2.47. The van der Waals surface area contributed by atoms with Crippen LogP contribution in [0.3, 0.4) is 0 Å². The highest BCUT2D eigenvalue weighted by Crippen LogP contribution is 2.34. The van der Waals surface area contributed by atoms with Crippen molar-refractivity contribution in [3.8, 4) is 0 Å². The molecule has 0 aliphatic carbocycles. The third kappa shape index (κ3) is 2.04. The summed E-state index contributed by atoms with van der Waals surface area (Å²) in [6.07, 6.45) is 2.41. The van der Waals surface area contributed by atoms with Crippen LogP contribution in [0.5, 0.6) is 0 Å². The molecule has 0 saturated carbocycles. The van der Waals surface area contributed by atoms with Crippen LogP contribution in [-0.2, 0) is 6.42 Å². The number of thiophene rings is 1. The van der Waals surface area contributed by atoms with Crippen LogP contribution in [0.1, 0.15) is 23.6 Å². The highest BCUT2D eigenvalue weighted by Gasteiger charge is 2.24. The van der Waals surface area contributed by atoms with Gasteiger partial charge in [0.05, 0.1) is 6.04 Å². The molecule has 0 bridgehead atoms. The average Bonchev–Trinajstić information content (AvgIpc) is 2.94. The van der Waals surface area contributed by atoms with Crippen LogP contribution < -0.4 is 10.6 Å². The van der Waals surface area contributed by atoms with Gasteiger partial charge in [-0.05, 0) is 46.9 Å². The molecule has 2 aromatic rings. The van der Waals surface area contributed by atoms with Gasteiger partial charge < -0.3 is 10.6 Å². The second-order valence-electron chi connectivity index (χ2n) is 4.73. The van der Waals surface area contributed by atoms with Crippen LogP contribution in [0, 0.1) is 0 Å². The normalized spacial score (nSPS) is 16.4. The predicted molar refractivity (Wildman–Crippen MR) is 78.2 cm³/mol. The smallest absolute Gasteiger partial charge is 0.0672 e. The van der Waals surface area contributed by atoms with E-state index in [1.54, 1.807) is 11.3 Å². The summed E-state index contributed by atoms with van der Waals surface area (Å²) in [6.45, 7) is 1.78. The highest BCUT2D eigenvalue weighted by molar-refractivity contribution is 7.08. The van der Waals surface area contributed by atoms with Crippen molar-refractivity contribution in [1.82, 2.24) is 0 Å². The lowest BCUT2D eigenvalue weighted by molar-refractivity contribution is 0.589. The van der Waals surface area contributed by atoms with Gasteiger partial charge in [0.2, 0.25) is 0 Å². The fourth-order valence-electron chi connectivity index (χ4n) is 2.79. The topological polar surface area (TPSA) is 29.3 Å². The SMILES string of the molecule is NCC(c1ccsc1)N1CCCc2ccccc21. The number of nitrogens with two attached hydrogens (primary N) is 1. The highest BCUT2D eigenvalue weighted by atomic mass is 32.1. The Morgan fingerprint density at radius 2 is 2.17 bits per heavy atom. The van der Waals surface area contributed by atoms with Crippen LogP contribution in [0.25, 0.3) is 0 Å². The average molecular weight is 258 g/mol. The Morgan fingerprint density at radius 1 is 1.28 bits per heavy atom. The number of hydrogen-bond acceptors (Lipinski definition) is 3. The number of aryl methyl sites for hydroxylation is 1. The van der Waals surface area contributed by atoms with E-state index in [1.165, 1.54) is 29.7 Å². The molecule has 0 amide bonds. The molecule has 1 aromatic heterocycles. The lowest BCUT2D eigenvalue weighted by atomic mass is 9.98.